The smallest absolute Gasteiger partial charge is 0.336 e. The summed E-state index contributed by atoms with van der Waals surface area (Å²) in [4.78, 5) is 11.9. The Labute approximate surface area is 134 Å². The first-order valence-electron chi connectivity index (χ1n) is 7.28. The highest BCUT2D eigenvalue weighted by atomic mass is 16.5. The van der Waals surface area contributed by atoms with Crippen LogP contribution < -0.4 is 9.47 Å². The minimum absolute atomic E-state index is 0.414. The van der Waals surface area contributed by atoms with Gasteiger partial charge in [-0.15, -0.1) is 0 Å². The Morgan fingerprint density at radius 1 is 0.870 bits per heavy atom. The van der Waals surface area contributed by atoms with E-state index in [9.17, 15) is 4.79 Å². The summed E-state index contributed by atoms with van der Waals surface area (Å²) in [5.41, 5.74) is 0.981. The van der Waals surface area contributed by atoms with Crippen molar-refractivity contribution in [1.29, 1.82) is 0 Å². The zero-order valence-electron chi connectivity index (χ0n) is 12.7. The number of carbonyl (C=O) groups is 1. The average Bonchev–Trinajstić information content (AvgIpc) is 2.60. The summed E-state index contributed by atoms with van der Waals surface area (Å²) in [5.74, 6) is 0.789. The van der Waals surface area contributed by atoms with Crippen molar-refractivity contribution < 1.29 is 14.3 Å². The normalized spacial score (nSPS) is 10.8. The summed E-state index contributed by atoms with van der Waals surface area (Å²) in [6.45, 7) is 0. The SMILES string of the molecule is COc1ccc(OC(=O)C=Cc2cccc3ccccc23)cc1. The van der Waals surface area contributed by atoms with E-state index in [2.05, 4.69) is 0 Å². The third-order valence-electron chi connectivity index (χ3n) is 3.50. The molecule has 0 fully saturated rings. The molecule has 3 rings (SSSR count). The molecule has 0 aliphatic rings. The number of ether oxygens (including phenoxy) is 2. The zero-order chi connectivity index (χ0) is 16.1. The summed E-state index contributed by atoms with van der Waals surface area (Å²) in [6.07, 6.45) is 3.21. The maximum Gasteiger partial charge on any atom is 0.336 e. The molecule has 23 heavy (non-hydrogen) atoms. The van der Waals surface area contributed by atoms with E-state index in [1.54, 1.807) is 37.5 Å². The lowest BCUT2D eigenvalue weighted by atomic mass is 10.0. The fraction of sp³-hybridized carbons (Fsp3) is 0.0500. The van der Waals surface area contributed by atoms with Gasteiger partial charge in [0, 0.05) is 6.08 Å². The minimum Gasteiger partial charge on any atom is -0.497 e. The molecule has 0 aromatic heterocycles. The fourth-order valence-electron chi connectivity index (χ4n) is 2.35. The lowest BCUT2D eigenvalue weighted by molar-refractivity contribution is -0.128. The molecule has 3 nitrogen and oxygen atoms in total. The third-order valence-corrected chi connectivity index (χ3v) is 3.50. The highest BCUT2D eigenvalue weighted by Gasteiger charge is 2.02. The molecule has 0 N–H and O–H groups in total. The van der Waals surface area contributed by atoms with E-state index in [4.69, 9.17) is 9.47 Å². The third kappa shape index (κ3) is 3.58. The molecular formula is C20H16O3. The van der Waals surface area contributed by atoms with Crippen molar-refractivity contribution in [2.45, 2.75) is 0 Å². The maximum atomic E-state index is 11.9. The Kier molecular flexibility index (Phi) is 4.39. The van der Waals surface area contributed by atoms with Crippen molar-refractivity contribution in [1.82, 2.24) is 0 Å². The van der Waals surface area contributed by atoms with Crippen LogP contribution in [-0.2, 0) is 4.79 Å². The van der Waals surface area contributed by atoms with E-state index in [-0.39, 0.29) is 0 Å². The number of esters is 1. The second-order valence-electron chi connectivity index (χ2n) is 5.00. The largest absolute Gasteiger partial charge is 0.497 e. The van der Waals surface area contributed by atoms with Gasteiger partial charge >= 0.3 is 5.97 Å². The van der Waals surface area contributed by atoms with Crippen LogP contribution in [0.1, 0.15) is 5.56 Å². The summed E-state index contributed by atoms with van der Waals surface area (Å²) in [6, 6.07) is 20.9. The fourth-order valence-corrected chi connectivity index (χ4v) is 2.35. The van der Waals surface area contributed by atoms with Crippen molar-refractivity contribution in [3.8, 4) is 11.5 Å². The standard InChI is InChI=1S/C20H16O3/c1-22-17-10-12-18(13-11-17)23-20(21)14-9-16-7-4-6-15-5-2-3-8-19(15)16/h2-14H,1H3. The number of hydrogen-bond donors (Lipinski definition) is 0. The van der Waals surface area contributed by atoms with Gasteiger partial charge in [-0.3, -0.25) is 0 Å². The Bertz CT molecular complexity index is 843. The predicted molar refractivity (Wildman–Crippen MR) is 91.6 cm³/mol. The zero-order valence-corrected chi connectivity index (χ0v) is 12.7. The monoisotopic (exact) mass is 304 g/mol. The molecule has 0 aliphatic carbocycles. The Morgan fingerprint density at radius 2 is 1.57 bits per heavy atom. The number of rotatable bonds is 4. The van der Waals surface area contributed by atoms with Crippen molar-refractivity contribution in [2.75, 3.05) is 7.11 Å². The van der Waals surface area contributed by atoms with Crippen LogP contribution in [0.2, 0.25) is 0 Å². The van der Waals surface area contributed by atoms with Gasteiger partial charge in [-0.05, 0) is 46.7 Å². The lowest BCUT2D eigenvalue weighted by Gasteiger charge is -2.04. The first-order valence-corrected chi connectivity index (χ1v) is 7.28. The molecule has 0 amide bonds. The highest BCUT2D eigenvalue weighted by Crippen LogP contribution is 2.20. The Balaban J connectivity index is 1.74. The lowest BCUT2D eigenvalue weighted by Crippen LogP contribution is -2.03. The van der Waals surface area contributed by atoms with Crippen LogP contribution in [0, 0.1) is 0 Å². The first kappa shape index (κ1) is 14.9. The van der Waals surface area contributed by atoms with Gasteiger partial charge in [0.25, 0.3) is 0 Å². The van der Waals surface area contributed by atoms with E-state index in [1.807, 2.05) is 42.5 Å². The van der Waals surface area contributed by atoms with Gasteiger partial charge in [-0.2, -0.15) is 0 Å². The van der Waals surface area contributed by atoms with Crippen LogP contribution in [0.4, 0.5) is 0 Å². The summed E-state index contributed by atoms with van der Waals surface area (Å²) in [5, 5.41) is 2.24. The molecule has 0 aliphatic heterocycles. The molecule has 114 valence electrons. The second kappa shape index (κ2) is 6.79. The molecule has 3 aromatic carbocycles. The van der Waals surface area contributed by atoms with Gasteiger partial charge in [-0.1, -0.05) is 42.5 Å². The van der Waals surface area contributed by atoms with Crippen LogP contribution in [0.3, 0.4) is 0 Å². The van der Waals surface area contributed by atoms with Crippen LogP contribution in [0.5, 0.6) is 11.5 Å². The highest BCUT2D eigenvalue weighted by molar-refractivity contribution is 5.95. The molecule has 0 spiro atoms. The molecule has 0 bridgehead atoms. The molecule has 3 aromatic rings. The van der Waals surface area contributed by atoms with Crippen LogP contribution in [-0.4, -0.2) is 13.1 Å². The minimum atomic E-state index is -0.414. The number of benzene rings is 3. The van der Waals surface area contributed by atoms with Crippen LogP contribution in [0.15, 0.2) is 72.8 Å². The topological polar surface area (TPSA) is 35.5 Å². The van der Waals surface area contributed by atoms with Gasteiger partial charge in [-0.25, -0.2) is 4.79 Å². The van der Waals surface area contributed by atoms with Gasteiger partial charge < -0.3 is 9.47 Å². The van der Waals surface area contributed by atoms with Crippen LogP contribution in [0.25, 0.3) is 16.8 Å². The predicted octanol–water partition coefficient (Wildman–Crippen LogP) is 4.47. The number of methoxy groups -OCH3 is 1. The second-order valence-corrected chi connectivity index (χ2v) is 5.00. The van der Waals surface area contributed by atoms with Gasteiger partial charge in [0.2, 0.25) is 0 Å². The molecule has 0 saturated heterocycles. The van der Waals surface area contributed by atoms with Gasteiger partial charge in [0.15, 0.2) is 0 Å². The van der Waals surface area contributed by atoms with Gasteiger partial charge in [0.05, 0.1) is 7.11 Å². The molecule has 0 unspecified atom stereocenters. The molecule has 0 radical (unpaired) electrons. The first-order chi connectivity index (χ1) is 11.3. The Morgan fingerprint density at radius 3 is 2.35 bits per heavy atom. The van der Waals surface area contributed by atoms with Crippen molar-refractivity contribution in [3.05, 3.63) is 78.4 Å². The maximum absolute atomic E-state index is 11.9. The van der Waals surface area contributed by atoms with E-state index in [0.717, 1.165) is 22.1 Å². The molecular weight excluding hydrogens is 288 g/mol. The van der Waals surface area contributed by atoms with Crippen molar-refractivity contribution in [3.63, 3.8) is 0 Å². The summed E-state index contributed by atoms with van der Waals surface area (Å²) in [7, 11) is 1.59. The van der Waals surface area contributed by atoms with E-state index in [1.165, 1.54) is 6.08 Å². The molecule has 0 heterocycles. The number of fused-ring (bicyclic) bond motifs is 1. The van der Waals surface area contributed by atoms with Gasteiger partial charge in [0.1, 0.15) is 11.5 Å². The van der Waals surface area contributed by atoms with E-state index in [0.29, 0.717) is 5.75 Å². The number of hydrogen-bond acceptors (Lipinski definition) is 3. The quantitative estimate of drug-likeness (QED) is 0.405. The summed E-state index contributed by atoms with van der Waals surface area (Å²) >= 11 is 0. The molecule has 0 atom stereocenters. The number of carbonyl (C=O) groups excluding carboxylic acids is 1. The van der Waals surface area contributed by atoms with Crippen molar-refractivity contribution >= 4 is 22.8 Å². The molecule has 3 heteroatoms. The van der Waals surface area contributed by atoms with Crippen LogP contribution >= 0.6 is 0 Å². The van der Waals surface area contributed by atoms with E-state index < -0.39 is 5.97 Å². The Hall–Kier alpha value is -3.07. The average molecular weight is 304 g/mol. The molecule has 0 saturated carbocycles. The van der Waals surface area contributed by atoms with E-state index >= 15 is 0 Å². The summed E-state index contributed by atoms with van der Waals surface area (Å²) < 4.78 is 10.3. The van der Waals surface area contributed by atoms with Crippen molar-refractivity contribution in [2.24, 2.45) is 0 Å².